The zero-order valence-corrected chi connectivity index (χ0v) is 8.43. The van der Waals surface area contributed by atoms with E-state index in [9.17, 15) is 9.18 Å². The van der Waals surface area contributed by atoms with Gasteiger partial charge in [0.2, 0.25) is 0 Å². The molecule has 0 radical (unpaired) electrons. The summed E-state index contributed by atoms with van der Waals surface area (Å²) in [5, 5.41) is 0.658. The zero-order valence-electron chi connectivity index (χ0n) is 8.43. The van der Waals surface area contributed by atoms with Crippen LogP contribution in [-0.4, -0.2) is 12.1 Å². The molecule has 1 N–H and O–H groups in total. The summed E-state index contributed by atoms with van der Waals surface area (Å²) in [5.74, 6) is -0.307. The number of aromatic amines is 1. The summed E-state index contributed by atoms with van der Waals surface area (Å²) in [6, 6.07) is 4.47. The Balaban J connectivity index is 2.82. The van der Waals surface area contributed by atoms with Gasteiger partial charge >= 0.3 is 0 Å². The standard InChI is InChI=1S/C11H10FNO2/c1-6-3-7-4-8(12)10(15-2)5-9(7)13-11(6)14/h3-5H,1-2H3,(H,13,14). The molecule has 15 heavy (non-hydrogen) atoms. The normalized spacial score (nSPS) is 10.6. The number of methoxy groups -OCH3 is 1. The van der Waals surface area contributed by atoms with Crippen molar-refractivity contribution in [3.63, 3.8) is 0 Å². The van der Waals surface area contributed by atoms with Crippen molar-refractivity contribution in [2.45, 2.75) is 6.92 Å². The Morgan fingerprint density at radius 3 is 2.73 bits per heavy atom. The highest BCUT2D eigenvalue weighted by Crippen LogP contribution is 2.22. The highest BCUT2D eigenvalue weighted by atomic mass is 19.1. The molecule has 4 heteroatoms. The summed E-state index contributed by atoms with van der Waals surface area (Å²) < 4.78 is 18.2. The molecule has 1 aromatic heterocycles. The molecule has 0 aliphatic carbocycles. The van der Waals surface area contributed by atoms with Gasteiger partial charge in [0.15, 0.2) is 11.6 Å². The maximum absolute atomic E-state index is 13.3. The van der Waals surface area contributed by atoms with E-state index in [-0.39, 0.29) is 11.3 Å². The van der Waals surface area contributed by atoms with Crippen molar-refractivity contribution in [3.8, 4) is 5.75 Å². The lowest BCUT2D eigenvalue weighted by Crippen LogP contribution is -2.08. The fraction of sp³-hybridized carbons (Fsp3) is 0.182. The SMILES string of the molecule is COc1cc2[nH]c(=O)c(C)cc2cc1F. The monoisotopic (exact) mass is 207 g/mol. The summed E-state index contributed by atoms with van der Waals surface area (Å²) in [5.41, 5.74) is 0.965. The van der Waals surface area contributed by atoms with Crippen LogP contribution in [0.2, 0.25) is 0 Å². The molecule has 0 aliphatic heterocycles. The molecular weight excluding hydrogens is 197 g/mol. The van der Waals surface area contributed by atoms with Crippen molar-refractivity contribution in [2.75, 3.05) is 7.11 Å². The summed E-state index contributed by atoms with van der Waals surface area (Å²) in [4.78, 5) is 14.0. The van der Waals surface area contributed by atoms with Crippen LogP contribution >= 0.6 is 0 Å². The molecule has 0 aliphatic rings. The number of nitrogens with one attached hydrogen (secondary N) is 1. The van der Waals surface area contributed by atoms with Crippen molar-refractivity contribution in [1.29, 1.82) is 0 Å². The molecule has 78 valence electrons. The minimum Gasteiger partial charge on any atom is -0.494 e. The van der Waals surface area contributed by atoms with Crippen LogP contribution in [0.25, 0.3) is 10.9 Å². The van der Waals surface area contributed by atoms with Gasteiger partial charge in [0.25, 0.3) is 5.56 Å². The van der Waals surface area contributed by atoms with Crippen molar-refractivity contribution >= 4 is 10.9 Å². The lowest BCUT2D eigenvalue weighted by Gasteiger charge is -2.04. The molecule has 0 atom stereocenters. The van der Waals surface area contributed by atoms with Crippen molar-refractivity contribution in [3.05, 3.63) is 39.9 Å². The predicted molar refractivity (Wildman–Crippen MR) is 55.8 cm³/mol. The van der Waals surface area contributed by atoms with Crippen molar-refractivity contribution < 1.29 is 9.13 Å². The van der Waals surface area contributed by atoms with E-state index in [0.717, 1.165) is 0 Å². The largest absolute Gasteiger partial charge is 0.494 e. The number of hydrogen-bond donors (Lipinski definition) is 1. The fourth-order valence-corrected chi connectivity index (χ4v) is 1.47. The van der Waals surface area contributed by atoms with Crippen LogP contribution in [0, 0.1) is 12.7 Å². The van der Waals surface area contributed by atoms with Crippen LogP contribution < -0.4 is 10.3 Å². The Kier molecular flexibility index (Phi) is 2.19. The van der Waals surface area contributed by atoms with E-state index in [4.69, 9.17) is 4.74 Å². The van der Waals surface area contributed by atoms with E-state index in [2.05, 4.69) is 4.98 Å². The lowest BCUT2D eigenvalue weighted by atomic mass is 10.1. The first-order valence-electron chi connectivity index (χ1n) is 4.49. The average Bonchev–Trinajstić information content (AvgIpc) is 2.20. The maximum atomic E-state index is 13.3. The Labute approximate surface area is 85.5 Å². The van der Waals surface area contributed by atoms with E-state index in [0.29, 0.717) is 16.5 Å². The molecule has 0 unspecified atom stereocenters. The van der Waals surface area contributed by atoms with Crippen LogP contribution in [0.3, 0.4) is 0 Å². The summed E-state index contributed by atoms with van der Waals surface area (Å²) in [7, 11) is 1.39. The number of pyridine rings is 1. The van der Waals surface area contributed by atoms with Crippen LogP contribution in [0.15, 0.2) is 23.0 Å². The topological polar surface area (TPSA) is 42.1 Å². The van der Waals surface area contributed by atoms with Crippen LogP contribution in [0.1, 0.15) is 5.56 Å². The second-order valence-electron chi connectivity index (χ2n) is 3.36. The number of fused-ring (bicyclic) bond motifs is 1. The fourth-order valence-electron chi connectivity index (χ4n) is 1.47. The molecule has 2 rings (SSSR count). The second kappa shape index (κ2) is 3.38. The molecule has 0 fully saturated rings. The third-order valence-corrected chi connectivity index (χ3v) is 2.30. The van der Waals surface area contributed by atoms with Crippen LogP contribution in [0.5, 0.6) is 5.75 Å². The number of rotatable bonds is 1. The molecule has 1 aromatic carbocycles. The van der Waals surface area contributed by atoms with Gasteiger partial charge in [0.1, 0.15) is 0 Å². The smallest absolute Gasteiger partial charge is 0.251 e. The minimum atomic E-state index is -0.434. The molecule has 1 heterocycles. The Morgan fingerprint density at radius 2 is 2.07 bits per heavy atom. The first-order valence-corrected chi connectivity index (χ1v) is 4.49. The first kappa shape index (κ1) is 9.71. The van der Waals surface area contributed by atoms with Crippen LogP contribution in [-0.2, 0) is 0 Å². The van der Waals surface area contributed by atoms with Gasteiger partial charge < -0.3 is 9.72 Å². The molecule has 0 amide bonds. The van der Waals surface area contributed by atoms with Gasteiger partial charge in [-0.05, 0) is 19.1 Å². The molecule has 0 saturated carbocycles. The highest BCUT2D eigenvalue weighted by Gasteiger charge is 2.06. The highest BCUT2D eigenvalue weighted by molar-refractivity contribution is 5.80. The molecule has 0 spiro atoms. The Hall–Kier alpha value is -1.84. The number of halogens is 1. The van der Waals surface area contributed by atoms with E-state index in [1.165, 1.54) is 19.2 Å². The number of hydrogen-bond acceptors (Lipinski definition) is 2. The first-order chi connectivity index (χ1) is 7.11. The molecule has 3 nitrogen and oxygen atoms in total. The van der Waals surface area contributed by atoms with Gasteiger partial charge in [0.05, 0.1) is 12.6 Å². The summed E-state index contributed by atoms with van der Waals surface area (Å²) in [6.45, 7) is 1.68. The molecule has 2 aromatic rings. The third kappa shape index (κ3) is 1.58. The number of aromatic nitrogens is 1. The number of H-pyrrole nitrogens is 1. The van der Waals surface area contributed by atoms with Gasteiger partial charge in [-0.1, -0.05) is 0 Å². The summed E-state index contributed by atoms with van der Waals surface area (Å²) in [6.07, 6.45) is 0. The Morgan fingerprint density at radius 1 is 1.33 bits per heavy atom. The molecular formula is C11H10FNO2. The lowest BCUT2D eigenvalue weighted by molar-refractivity contribution is 0.387. The van der Waals surface area contributed by atoms with E-state index in [1.54, 1.807) is 13.0 Å². The quantitative estimate of drug-likeness (QED) is 0.776. The summed E-state index contributed by atoms with van der Waals surface area (Å²) >= 11 is 0. The predicted octanol–water partition coefficient (Wildman–Crippen LogP) is 1.98. The van der Waals surface area contributed by atoms with Gasteiger partial charge in [-0.15, -0.1) is 0 Å². The minimum absolute atomic E-state index is 0.127. The number of aryl methyl sites for hydroxylation is 1. The molecule has 0 bridgehead atoms. The zero-order chi connectivity index (χ0) is 11.0. The van der Waals surface area contributed by atoms with E-state index < -0.39 is 5.82 Å². The van der Waals surface area contributed by atoms with Gasteiger partial charge in [-0.25, -0.2) is 4.39 Å². The number of benzene rings is 1. The van der Waals surface area contributed by atoms with Crippen molar-refractivity contribution in [2.24, 2.45) is 0 Å². The van der Waals surface area contributed by atoms with E-state index >= 15 is 0 Å². The second-order valence-corrected chi connectivity index (χ2v) is 3.36. The average molecular weight is 207 g/mol. The van der Waals surface area contributed by atoms with Gasteiger partial charge in [-0.3, -0.25) is 4.79 Å². The van der Waals surface area contributed by atoms with Gasteiger partial charge in [0, 0.05) is 17.0 Å². The Bertz CT molecular complexity index is 575. The van der Waals surface area contributed by atoms with Crippen LogP contribution in [0.4, 0.5) is 4.39 Å². The van der Waals surface area contributed by atoms with Gasteiger partial charge in [-0.2, -0.15) is 0 Å². The maximum Gasteiger partial charge on any atom is 0.251 e. The van der Waals surface area contributed by atoms with E-state index in [1.807, 2.05) is 0 Å². The molecule has 0 saturated heterocycles. The third-order valence-electron chi connectivity index (χ3n) is 2.30. The number of ether oxygens (including phenoxy) is 1. The van der Waals surface area contributed by atoms with Crippen molar-refractivity contribution in [1.82, 2.24) is 4.98 Å².